The minimum Gasteiger partial charge on any atom is -0.348 e. The maximum atomic E-state index is 4.80. The summed E-state index contributed by atoms with van der Waals surface area (Å²) in [5, 5.41) is 4.64. The summed E-state index contributed by atoms with van der Waals surface area (Å²) in [6.07, 6.45) is 4.01. The van der Waals surface area contributed by atoms with Crippen LogP contribution in [0.2, 0.25) is 0 Å². The second-order valence-corrected chi connectivity index (χ2v) is 7.27. The molecule has 0 radical (unpaired) electrons. The molecule has 1 unspecified atom stereocenters. The first-order chi connectivity index (χ1) is 9.61. The number of thiazole rings is 1. The molecule has 1 aromatic heterocycles. The zero-order chi connectivity index (χ0) is 14.5. The maximum absolute atomic E-state index is 4.80. The first-order valence-electron chi connectivity index (χ1n) is 8.03. The highest BCUT2D eigenvalue weighted by Crippen LogP contribution is 2.31. The first kappa shape index (κ1) is 15.8. The van der Waals surface area contributed by atoms with Gasteiger partial charge in [-0.2, -0.15) is 0 Å². The van der Waals surface area contributed by atoms with Crippen molar-refractivity contribution in [3.8, 4) is 0 Å². The van der Waals surface area contributed by atoms with E-state index >= 15 is 0 Å². The van der Waals surface area contributed by atoms with Crippen molar-refractivity contribution in [1.82, 2.24) is 10.3 Å². The number of nitrogens with zero attached hydrogens (tertiary/aromatic N) is 2. The lowest BCUT2D eigenvalue weighted by Crippen LogP contribution is -2.24. The number of aryl methyl sites for hydroxylation is 1. The highest BCUT2D eigenvalue weighted by atomic mass is 32.1. The topological polar surface area (TPSA) is 28.2 Å². The smallest absolute Gasteiger partial charge is 0.185 e. The second kappa shape index (κ2) is 7.41. The van der Waals surface area contributed by atoms with E-state index in [4.69, 9.17) is 4.98 Å². The van der Waals surface area contributed by atoms with Crippen molar-refractivity contribution < 1.29 is 0 Å². The van der Waals surface area contributed by atoms with Crippen LogP contribution in [-0.2, 0) is 6.54 Å². The number of aromatic nitrogens is 1. The van der Waals surface area contributed by atoms with Gasteiger partial charge in [0.25, 0.3) is 0 Å². The van der Waals surface area contributed by atoms with Gasteiger partial charge in [-0.15, -0.1) is 11.3 Å². The third-order valence-electron chi connectivity index (χ3n) is 4.40. The second-order valence-electron chi connectivity index (χ2n) is 6.21. The molecule has 1 aromatic rings. The molecule has 3 nitrogen and oxygen atoms in total. The van der Waals surface area contributed by atoms with Crippen LogP contribution in [0.15, 0.2) is 0 Å². The Labute approximate surface area is 127 Å². The lowest BCUT2D eigenvalue weighted by molar-refractivity contribution is 0.351. The Kier molecular flexibility index (Phi) is 5.85. The average Bonchev–Trinajstić information content (AvgIpc) is 2.65. The standard InChI is InChI=1S/C16H29N3S/c1-5-17-11-15-13(4)18-16(20-15)19-9-6-7-14(8-10-19)12(2)3/h12,14,17H,5-11H2,1-4H3. The van der Waals surface area contributed by atoms with Crippen molar-refractivity contribution in [3.05, 3.63) is 10.6 Å². The molecule has 0 bridgehead atoms. The monoisotopic (exact) mass is 295 g/mol. The lowest BCUT2D eigenvalue weighted by Gasteiger charge is -2.20. The van der Waals surface area contributed by atoms with E-state index in [9.17, 15) is 0 Å². The number of hydrogen-bond donors (Lipinski definition) is 1. The van der Waals surface area contributed by atoms with Gasteiger partial charge in [0, 0.05) is 24.5 Å². The van der Waals surface area contributed by atoms with Crippen LogP contribution in [-0.4, -0.2) is 24.6 Å². The van der Waals surface area contributed by atoms with Crippen LogP contribution < -0.4 is 10.2 Å². The van der Waals surface area contributed by atoms with Gasteiger partial charge in [0.1, 0.15) is 0 Å². The number of hydrogen-bond acceptors (Lipinski definition) is 4. The fourth-order valence-electron chi connectivity index (χ4n) is 2.93. The fraction of sp³-hybridized carbons (Fsp3) is 0.812. The number of nitrogens with one attached hydrogen (secondary N) is 1. The van der Waals surface area contributed by atoms with Gasteiger partial charge in [-0.25, -0.2) is 4.98 Å². The third-order valence-corrected chi connectivity index (χ3v) is 5.62. The van der Waals surface area contributed by atoms with Crippen molar-refractivity contribution in [1.29, 1.82) is 0 Å². The summed E-state index contributed by atoms with van der Waals surface area (Å²) in [6.45, 7) is 13.4. The van der Waals surface area contributed by atoms with Crippen LogP contribution in [0.25, 0.3) is 0 Å². The molecule has 1 aliphatic heterocycles. The van der Waals surface area contributed by atoms with E-state index in [-0.39, 0.29) is 0 Å². The zero-order valence-corrected chi connectivity index (χ0v) is 14.2. The summed E-state index contributed by atoms with van der Waals surface area (Å²) in [6, 6.07) is 0. The SMILES string of the molecule is CCNCc1sc(N2CCCC(C(C)C)CC2)nc1C. The largest absolute Gasteiger partial charge is 0.348 e. The van der Waals surface area contributed by atoms with Crippen LogP contribution in [0.4, 0.5) is 5.13 Å². The molecule has 0 amide bonds. The van der Waals surface area contributed by atoms with Crippen LogP contribution in [0, 0.1) is 18.8 Å². The summed E-state index contributed by atoms with van der Waals surface area (Å²) in [5.41, 5.74) is 1.20. The quantitative estimate of drug-likeness (QED) is 0.895. The van der Waals surface area contributed by atoms with Crippen molar-refractivity contribution in [2.75, 3.05) is 24.5 Å². The number of rotatable bonds is 5. The Morgan fingerprint density at radius 1 is 1.35 bits per heavy atom. The van der Waals surface area contributed by atoms with Gasteiger partial charge in [0.2, 0.25) is 0 Å². The van der Waals surface area contributed by atoms with Crippen LogP contribution >= 0.6 is 11.3 Å². The Bertz CT molecular complexity index is 414. The Morgan fingerprint density at radius 2 is 2.15 bits per heavy atom. The van der Waals surface area contributed by atoms with E-state index in [1.165, 1.54) is 48.1 Å². The molecule has 1 aliphatic rings. The van der Waals surface area contributed by atoms with Crippen molar-refractivity contribution >= 4 is 16.5 Å². The van der Waals surface area contributed by atoms with Gasteiger partial charge in [-0.1, -0.05) is 20.8 Å². The maximum Gasteiger partial charge on any atom is 0.185 e. The molecule has 1 fully saturated rings. The summed E-state index contributed by atoms with van der Waals surface area (Å²) in [4.78, 5) is 8.71. The van der Waals surface area contributed by atoms with Crippen LogP contribution in [0.5, 0.6) is 0 Å². The highest BCUT2D eigenvalue weighted by molar-refractivity contribution is 7.15. The fourth-order valence-corrected chi connectivity index (χ4v) is 4.01. The number of anilines is 1. The molecule has 2 rings (SSSR count). The highest BCUT2D eigenvalue weighted by Gasteiger charge is 2.21. The Hall–Kier alpha value is -0.610. The molecular formula is C16H29N3S. The Morgan fingerprint density at radius 3 is 2.85 bits per heavy atom. The van der Waals surface area contributed by atoms with E-state index in [1.807, 2.05) is 11.3 Å². The molecule has 0 spiro atoms. The molecule has 2 heterocycles. The van der Waals surface area contributed by atoms with Gasteiger partial charge in [0.15, 0.2) is 5.13 Å². The van der Waals surface area contributed by atoms with Crippen molar-refractivity contribution in [2.45, 2.75) is 53.5 Å². The molecule has 1 saturated heterocycles. The van der Waals surface area contributed by atoms with E-state index < -0.39 is 0 Å². The summed E-state index contributed by atoms with van der Waals surface area (Å²) < 4.78 is 0. The molecule has 0 aromatic carbocycles. The van der Waals surface area contributed by atoms with Gasteiger partial charge >= 0.3 is 0 Å². The van der Waals surface area contributed by atoms with E-state index in [0.29, 0.717) is 0 Å². The predicted octanol–water partition coefficient (Wildman–Crippen LogP) is 3.82. The van der Waals surface area contributed by atoms with E-state index in [1.54, 1.807) is 0 Å². The van der Waals surface area contributed by atoms with Crippen LogP contribution in [0.3, 0.4) is 0 Å². The van der Waals surface area contributed by atoms with Gasteiger partial charge in [0.05, 0.1) is 5.69 Å². The van der Waals surface area contributed by atoms with E-state index in [0.717, 1.165) is 24.9 Å². The van der Waals surface area contributed by atoms with Gasteiger partial charge in [-0.3, -0.25) is 0 Å². The van der Waals surface area contributed by atoms with Crippen molar-refractivity contribution in [3.63, 3.8) is 0 Å². The molecule has 114 valence electrons. The lowest BCUT2D eigenvalue weighted by atomic mass is 9.89. The first-order valence-corrected chi connectivity index (χ1v) is 8.85. The predicted molar refractivity (Wildman–Crippen MR) is 88.6 cm³/mol. The zero-order valence-electron chi connectivity index (χ0n) is 13.4. The summed E-state index contributed by atoms with van der Waals surface area (Å²) in [7, 11) is 0. The van der Waals surface area contributed by atoms with Gasteiger partial charge < -0.3 is 10.2 Å². The minimum atomic E-state index is 0.817. The van der Waals surface area contributed by atoms with Gasteiger partial charge in [-0.05, 0) is 44.6 Å². The average molecular weight is 295 g/mol. The normalized spacial score (nSPS) is 20.4. The molecule has 20 heavy (non-hydrogen) atoms. The third kappa shape index (κ3) is 3.95. The molecule has 1 N–H and O–H groups in total. The minimum absolute atomic E-state index is 0.817. The summed E-state index contributed by atoms with van der Waals surface area (Å²) >= 11 is 1.88. The molecule has 1 atom stereocenters. The molecule has 4 heteroatoms. The van der Waals surface area contributed by atoms with E-state index in [2.05, 4.69) is 37.9 Å². The molecule has 0 aliphatic carbocycles. The van der Waals surface area contributed by atoms with Crippen LogP contribution in [0.1, 0.15) is 50.6 Å². The Balaban J connectivity index is 2.00. The van der Waals surface area contributed by atoms with Crippen molar-refractivity contribution in [2.24, 2.45) is 11.8 Å². The molecule has 0 saturated carbocycles. The molecular weight excluding hydrogens is 266 g/mol. The summed E-state index contributed by atoms with van der Waals surface area (Å²) in [5.74, 6) is 1.71.